The number of nitrogens with zero attached hydrogens (tertiary/aromatic N) is 1. The second-order valence-corrected chi connectivity index (χ2v) is 5.44. The van der Waals surface area contributed by atoms with E-state index in [0.29, 0.717) is 12.5 Å². The van der Waals surface area contributed by atoms with Crippen LogP contribution < -0.4 is 0 Å². The van der Waals surface area contributed by atoms with Gasteiger partial charge >= 0.3 is 6.18 Å². The number of rotatable bonds is 6. The molecule has 1 nitrogen and oxygen atoms in total. The van der Waals surface area contributed by atoms with Crippen LogP contribution in [0.5, 0.6) is 0 Å². The van der Waals surface area contributed by atoms with Crippen LogP contribution in [-0.2, 0) is 0 Å². The van der Waals surface area contributed by atoms with Crippen molar-refractivity contribution in [2.45, 2.75) is 39.9 Å². The van der Waals surface area contributed by atoms with Gasteiger partial charge in [0.1, 0.15) is 0 Å². The molecule has 0 rings (SSSR count). The molecule has 0 spiro atoms. The van der Waals surface area contributed by atoms with Crippen LogP contribution in [0.2, 0.25) is 0 Å². The van der Waals surface area contributed by atoms with Gasteiger partial charge in [-0.25, -0.2) is 0 Å². The molecule has 0 heterocycles. The minimum absolute atomic E-state index is 0.0816. The molecule has 0 amide bonds. The molecule has 0 aliphatic rings. The molecule has 0 saturated carbocycles. The van der Waals surface area contributed by atoms with Gasteiger partial charge in [0.25, 0.3) is 0 Å². The first kappa shape index (κ1) is 16.2. The Labute approximate surface area is 105 Å². The molecule has 0 saturated heterocycles. The van der Waals surface area contributed by atoms with E-state index in [1.165, 1.54) is 4.90 Å². The Morgan fingerprint density at radius 1 is 1.12 bits per heavy atom. The molecule has 98 valence electrons. The van der Waals surface area contributed by atoms with Crippen LogP contribution in [0.25, 0.3) is 0 Å². The van der Waals surface area contributed by atoms with E-state index < -0.39 is 12.7 Å². The number of halogens is 4. The van der Waals surface area contributed by atoms with E-state index in [1.807, 2.05) is 13.8 Å². The van der Waals surface area contributed by atoms with E-state index in [0.717, 1.165) is 5.33 Å². The summed E-state index contributed by atoms with van der Waals surface area (Å²) in [5, 5.41) is 0.742. The van der Waals surface area contributed by atoms with Crippen molar-refractivity contribution in [1.29, 1.82) is 0 Å². The molecule has 0 N–H and O–H groups in total. The summed E-state index contributed by atoms with van der Waals surface area (Å²) < 4.78 is 37.1. The third-order valence-electron chi connectivity index (χ3n) is 2.72. The Morgan fingerprint density at radius 3 is 1.88 bits per heavy atom. The van der Waals surface area contributed by atoms with E-state index in [2.05, 4.69) is 15.9 Å². The molecule has 0 aromatic rings. The van der Waals surface area contributed by atoms with Crippen molar-refractivity contribution in [2.24, 2.45) is 11.8 Å². The highest BCUT2D eigenvalue weighted by Crippen LogP contribution is 2.22. The summed E-state index contributed by atoms with van der Waals surface area (Å²) in [4.78, 5) is 1.49. The molecule has 16 heavy (non-hydrogen) atoms. The fourth-order valence-corrected chi connectivity index (χ4v) is 2.38. The number of alkyl halides is 4. The third-order valence-corrected chi connectivity index (χ3v) is 3.55. The van der Waals surface area contributed by atoms with Crippen molar-refractivity contribution in [3.63, 3.8) is 0 Å². The Bertz CT molecular complexity index is 192. The summed E-state index contributed by atoms with van der Waals surface area (Å²) in [6.07, 6.45) is -4.11. The van der Waals surface area contributed by atoms with E-state index >= 15 is 0 Å². The predicted molar refractivity (Wildman–Crippen MR) is 64.9 cm³/mol. The predicted octanol–water partition coefficient (Wildman–Crippen LogP) is 3.93. The smallest absolute Gasteiger partial charge is 0.292 e. The number of hydrogen-bond donors (Lipinski definition) is 0. The van der Waals surface area contributed by atoms with Gasteiger partial charge in [0.15, 0.2) is 0 Å². The lowest BCUT2D eigenvalue weighted by atomic mass is 9.97. The largest absolute Gasteiger partial charge is 0.401 e. The molecular formula is C11H21BrF3N. The first-order valence-corrected chi connectivity index (χ1v) is 6.66. The van der Waals surface area contributed by atoms with Gasteiger partial charge < -0.3 is 0 Å². The average Bonchev–Trinajstić information content (AvgIpc) is 2.09. The molecule has 0 aromatic carbocycles. The highest BCUT2D eigenvalue weighted by Gasteiger charge is 2.32. The highest BCUT2D eigenvalue weighted by atomic mass is 79.9. The Morgan fingerprint density at radius 2 is 1.62 bits per heavy atom. The Balaban J connectivity index is 4.44. The lowest BCUT2D eigenvalue weighted by molar-refractivity contribution is -0.151. The van der Waals surface area contributed by atoms with Crippen LogP contribution in [0.4, 0.5) is 13.2 Å². The minimum Gasteiger partial charge on any atom is -0.292 e. The van der Waals surface area contributed by atoms with Crippen LogP contribution in [0.1, 0.15) is 27.7 Å². The Hall–Kier alpha value is 0.230. The zero-order valence-corrected chi connectivity index (χ0v) is 11.9. The van der Waals surface area contributed by atoms with E-state index in [1.54, 1.807) is 13.8 Å². The van der Waals surface area contributed by atoms with Crippen molar-refractivity contribution in [2.75, 3.05) is 18.4 Å². The normalized spacial score (nSPS) is 15.2. The quantitative estimate of drug-likeness (QED) is 0.672. The first-order valence-electron chi connectivity index (χ1n) is 5.54. The minimum atomic E-state index is -4.11. The van der Waals surface area contributed by atoms with Crippen molar-refractivity contribution in [1.82, 2.24) is 4.90 Å². The third kappa shape index (κ3) is 6.74. The van der Waals surface area contributed by atoms with Crippen LogP contribution in [0.15, 0.2) is 0 Å². The maximum atomic E-state index is 12.4. The zero-order valence-electron chi connectivity index (χ0n) is 10.3. The van der Waals surface area contributed by atoms with Gasteiger partial charge in [-0.05, 0) is 25.7 Å². The summed E-state index contributed by atoms with van der Waals surface area (Å²) in [5.74, 6) is 0.638. The van der Waals surface area contributed by atoms with Crippen molar-refractivity contribution < 1.29 is 13.2 Å². The van der Waals surface area contributed by atoms with Crippen LogP contribution >= 0.6 is 15.9 Å². The Kier molecular flexibility index (Phi) is 6.94. The summed E-state index contributed by atoms with van der Waals surface area (Å²) in [7, 11) is 0. The molecule has 0 radical (unpaired) electrons. The van der Waals surface area contributed by atoms with Crippen LogP contribution in [0.3, 0.4) is 0 Å². The summed E-state index contributed by atoms with van der Waals surface area (Å²) >= 11 is 3.37. The topological polar surface area (TPSA) is 3.24 Å². The molecule has 5 heteroatoms. The molecule has 0 aliphatic heterocycles. The monoisotopic (exact) mass is 303 g/mol. The lowest BCUT2D eigenvalue weighted by Gasteiger charge is -2.32. The van der Waals surface area contributed by atoms with Crippen LogP contribution in [0, 0.1) is 11.8 Å². The second kappa shape index (κ2) is 6.84. The average molecular weight is 304 g/mol. The number of hydrogen-bond acceptors (Lipinski definition) is 1. The second-order valence-electron chi connectivity index (χ2n) is 4.80. The first-order chi connectivity index (χ1) is 7.17. The molecule has 0 aliphatic carbocycles. The van der Waals surface area contributed by atoms with Crippen molar-refractivity contribution in [3.8, 4) is 0 Å². The van der Waals surface area contributed by atoms with Gasteiger partial charge in [-0.15, -0.1) is 0 Å². The summed E-state index contributed by atoms with van der Waals surface area (Å²) in [6, 6.07) is -0.0816. The molecule has 0 fully saturated rings. The van der Waals surface area contributed by atoms with Crippen molar-refractivity contribution in [3.05, 3.63) is 0 Å². The maximum Gasteiger partial charge on any atom is 0.401 e. The van der Waals surface area contributed by atoms with Gasteiger partial charge in [-0.1, -0.05) is 29.8 Å². The lowest BCUT2D eigenvalue weighted by Crippen LogP contribution is -2.43. The van der Waals surface area contributed by atoms with E-state index in [4.69, 9.17) is 0 Å². The maximum absolute atomic E-state index is 12.4. The van der Waals surface area contributed by atoms with Gasteiger partial charge in [0.2, 0.25) is 0 Å². The standard InChI is InChI=1S/C11H21BrF3N/c1-8(2)10(5-12)6-16(9(3)4)7-11(13,14)15/h8-10H,5-7H2,1-4H3. The van der Waals surface area contributed by atoms with Gasteiger partial charge in [0, 0.05) is 17.9 Å². The van der Waals surface area contributed by atoms with Crippen LogP contribution in [-0.4, -0.2) is 35.5 Å². The summed E-state index contributed by atoms with van der Waals surface area (Å²) in [5.41, 5.74) is 0. The molecule has 0 aromatic heterocycles. The zero-order chi connectivity index (χ0) is 12.9. The highest BCUT2D eigenvalue weighted by molar-refractivity contribution is 9.09. The fraction of sp³-hybridized carbons (Fsp3) is 1.00. The van der Waals surface area contributed by atoms with Crippen molar-refractivity contribution >= 4 is 15.9 Å². The van der Waals surface area contributed by atoms with Gasteiger partial charge in [-0.3, -0.25) is 4.90 Å². The van der Waals surface area contributed by atoms with E-state index in [9.17, 15) is 13.2 Å². The fourth-order valence-electron chi connectivity index (χ4n) is 1.43. The molecule has 1 atom stereocenters. The van der Waals surface area contributed by atoms with Gasteiger partial charge in [-0.2, -0.15) is 13.2 Å². The molecule has 1 unspecified atom stereocenters. The van der Waals surface area contributed by atoms with Gasteiger partial charge in [0.05, 0.1) is 6.54 Å². The van der Waals surface area contributed by atoms with E-state index in [-0.39, 0.29) is 12.0 Å². The SMILES string of the molecule is CC(C)C(CBr)CN(CC(F)(F)F)C(C)C. The summed E-state index contributed by atoms with van der Waals surface area (Å²) in [6.45, 7) is 7.35. The molecule has 0 bridgehead atoms. The molecular weight excluding hydrogens is 283 g/mol.